The minimum atomic E-state index is -1.70. The first-order chi connectivity index (χ1) is 37.6. The fourth-order valence-corrected chi connectivity index (χ4v) is 8.33. The van der Waals surface area contributed by atoms with Crippen molar-refractivity contribution in [2.24, 2.45) is 23.5 Å². The highest BCUT2D eigenvalue weighted by Crippen LogP contribution is 2.14. The molecule has 0 aliphatic heterocycles. The fraction of sp³-hybridized carbons (Fsp3) is 0.500. The van der Waals surface area contributed by atoms with Crippen molar-refractivity contribution in [2.45, 2.75) is 141 Å². The van der Waals surface area contributed by atoms with E-state index in [1.807, 2.05) is 27.7 Å². The van der Waals surface area contributed by atoms with Crippen LogP contribution in [0.2, 0.25) is 0 Å². The zero-order chi connectivity index (χ0) is 58.2. The highest BCUT2D eigenvalue weighted by atomic mass is 16.4. The van der Waals surface area contributed by atoms with Gasteiger partial charge in [0.15, 0.2) is 0 Å². The average molecular weight is 1100 g/mol. The number of nitrogens with zero attached hydrogens (tertiary/aromatic N) is 2. The third-order valence-corrected chi connectivity index (χ3v) is 12.4. The second kappa shape index (κ2) is 32.0. The summed E-state index contributed by atoms with van der Waals surface area (Å²) in [5.41, 5.74) is 7.84. The summed E-state index contributed by atoms with van der Waals surface area (Å²) in [5, 5.41) is 50.9. The van der Waals surface area contributed by atoms with Gasteiger partial charge in [0.05, 0.1) is 25.9 Å². The highest BCUT2D eigenvalue weighted by molar-refractivity contribution is 5.98. The van der Waals surface area contributed by atoms with Gasteiger partial charge in [-0.3, -0.25) is 38.4 Å². The molecular weight excluding hydrogens is 1020 g/mol. The number of carboxylic acids is 1. The molecule has 0 aliphatic carbocycles. The van der Waals surface area contributed by atoms with Crippen molar-refractivity contribution in [3.05, 3.63) is 108 Å². The van der Waals surface area contributed by atoms with Gasteiger partial charge in [-0.15, -0.1) is 0 Å². The van der Waals surface area contributed by atoms with Crippen LogP contribution in [0.1, 0.15) is 83.3 Å². The predicted molar refractivity (Wildman–Crippen MR) is 288 cm³/mol. The van der Waals surface area contributed by atoms with E-state index >= 15 is 0 Å². The average Bonchev–Trinajstić information content (AvgIpc) is 4.14. The maximum atomic E-state index is 14.4. The summed E-state index contributed by atoms with van der Waals surface area (Å²) in [6.45, 7) is 9.14. The molecule has 0 radical (unpaired) electrons. The van der Waals surface area contributed by atoms with E-state index in [2.05, 4.69) is 62.5 Å². The van der Waals surface area contributed by atoms with Crippen molar-refractivity contribution in [2.75, 3.05) is 13.2 Å². The number of hydrogen-bond acceptors (Lipinski definition) is 14. The Labute approximate surface area is 458 Å². The lowest BCUT2D eigenvalue weighted by Crippen LogP contribution is -2.61. The number of nitrogens with one attached hydrogen (secondary N) is 10. The van der Waals surface area contributed by atoms with E-state index in [1.165, 1.54) is 25.0 Å². The lowest BCUT2D eigenvalue weighted by Gasteiger charge is -2.29. The normalized spacial score (nSPS) is 14.7. The number of aliphatic hydroxyl groups is 2. The quantitative estimate of drug-likeness (QED) is 0.0267. The van der Waals surface area contributed by atoms with Gasteiger partial charge in [-0.25, -0.2) is 14.8 Å². The zero-order valence-corrected chi connectivity index (χ0v) is 45.4. The summed E-state index contributed by atoms with van der Waals surface area (Å²) >= 11 is 0. The third-order valence-electron chi connectivity index (χ3n) is 12.4. The molecule has 8 amide bonds. The monoisotopic (exact) mass is 1100 g/mol. The number of carbonyl (C=O) groups is 9. The van der Waals surface area contributed by atoms with Gasteiger partial charge in [0, 0.05) is 49.5 Å². The van der Waals surface area contributed by atoms with Crippen LogP contribution < -0.4 is 48.3 Å². The number of nitrogens with two attached hydrogens (primary N) is 1. The number of aliphatic hydroxyl groups excluding tert-OH is 2. The summed E-state index contributed by atoms with van der Waals surface area (Å²) in [4.78, 5) is 137. The summed E-state index contributed by atoms with van der Waals surface area (Å²) in [7, 11) is 0. The van der Waals surface area contributed by atoms with Crippen LogP contribution in [-0.2, 0) is 68.8 Å². The smallest absolute Gasteiger partial charge is 0.326 e. The van der Waals surface area contributed by atoms with Crippen molar-refractivity contribution in [3.8, 4) is 0 Å². The predicted octanol–water partition coefficient (Wildman–Crippen LogP) is -1.18. The number of benzene rings is 2. The summed E-state index contributed by atoms with van der Waals surface area (Å²) < 4.78 is 0. The van der Waals surface area contributed by atoms with Crippen LogP contribution in [0.15, 0.2) is 85.7 Å². The van der Waals surface area contributed by atoms with Crippen molar-refractivity contribution >= 4 is 53.2 Å². The lowest BCUT2D eigenvalue weighted by atomic mass is 9.98. The molecule has 0 saturated carbocycles. The van der Waals surface area contributed by atoms with Crippen LogP contribution in [0.4, 0.5) is 0 Å². The van der Waals surface area contributed by atoms with Crippen LogP contribution >= 0.6 is 0 Å². The van der Waals surface area contributed by atoms with Crippen molar-refractivity contribution in [1.82, 2.24) is 62.5 Å². The number of aromatic nitrogens is 4. The van der Waals surface area contributed by atoms with Crippen molar-refractivity contribution in [3.63, 3.8) is 0 Å². The van der Waals surface area contributed by atoms with Crippen LogP contribution in [0.5, 0.6) is 0 Å². The van der Waals surface area contributed by atoms with E-state index in [4.69, 9.17) is 5.73 Å². The maximum Gasteiger partial charge on any atom is 0.326 e. The minimum absolute atomic E-state index is 0.000795. The lowest BCUT2D eigenvalue weighted by molar-refractivity contribution is -0.142. The van der Waals surface area contributed by atoms with E-state index in [0.717, 1.165) is 0 Å². The standard InChI is InChI=1S/C54H77N13O12/c1-30(2)17-38(47(71)61-40(19-32(5)6)49(73)66-44(54(78)79)21-34-15-11-8-12-16-34)62-51(75)42(22-35-24-56-28-58-35)64-48(72)39(18-31(3)4)63-53(77)45(27-69)67-52(76)43(23-36-25-57-29-59-36)65-50(74)41(60-46(70)37(55)26-68)20-33-13-9-7-10-14-33/h7-16,24-25,28-32,37-45,68-69H,17-23,26-27,55H2,1-6H3,(H,56,58)(H,57,59)(H,60,70)(H,61,71)(H,62,75)(H,63,77)(H,64,72)(H,65,74)(H,66,73)(H,67,76)(H,78,79)/t37-,38-,39-,40-,41-,42-,43-,44-,45-/m0/s1. The van der Waals surface area contributed by atoms with E-state index in [9.17, 15) is 58.5 Å². The molecule has 4 rings (SSSR count). The second-order valence-electron chi connectivity index (χ2n) is 20.6. The van der Waals surface area contributed by atoms with Crippen molar-refractivity contribution < 1.29 is 58.5 Å². The number of amides is 8. The molecule has 430 valence electrons. The molecule has 15 N–H and O–H groups in total. The van der Waals surface area contributed by atoms with E-state index in [-0.39, 0.29) is 62.7 Å². The molecule has 79 heavy (non-hydrogen) atoms. The minimum Gasteiger partial charge on any atom is -0.480 e. The number of carboxylic acid groups (broad SMARTS) is 1. The molecule has 0 bridgehead atoms. The first kappa shape index (κ1) is 63.5. The van der Waals surface area contributed by atoms with Crippen molar-refractivity contribution in [1.29, 1.82) is 0 Å². The van der Waals surface area contributed by atoms with Crippen LogP contribution in [0, 0.1) is 17.8 Å². The number of rotatable bonds is 33. The molecule has 4 aromatic rings. The Kier molecular flexibility index (Phi) is 25.7. The number of H-pyrrole nitrogens is 2. The number of hydrogen-bond donors (Lipinski definition) is 14. The summed E-state index contributed by atoms with van der Waals surface area (Å²) in [5.74, 6) is -8.57. The van der Waals surface area contributed by atoms with E-state index < -0.39 is 121 Å². The van der Waals surface area contributed by atoms with E-state index in [1.54, 1.807) is 74.5 Å². The Morgan fingerprint density at radius 1 is 0.430 bits per heavy atom. The van der Waals surface area contributed by atoms with Crippen LogP contribution in [0.25, 0.3) is 0 Å². The largest absolute Gasteiger partial charge is 0.480 e. The molecule has 0 saturated heterocycles. The molecule has 2 heterocycles. The van der Waals surface area contributed by atoms with Gasteiger partial charge >= 0.3 is 5.97 Å². The highest BCUT2D eigenvalue weighted by Gasteiger charge is 2.36. The third kappa shape index (κ3) is 21.7. The fourth-order valence-electron chi connectivity index (χ4n) is 8.33. The first-order valence-electron chi connectivity index (χ1n) is 26.2. The Bertz CT molecular complexity index is 2580. The molecule has 0 fully saturated rings. The van der Waals surface area contributed by atoms with Crippen LogP contribution in [0.3, 0.4) is 0 Å². The van der Waals surface area contributed by atoms with Gasteiger partial charge in [0.1, 0.15) is 54.4 Å². The number of imidazole rings is 2. The maximum absolute atomic E-state index is 14.4. The Morgan fingerprint density at radius 3 is 1.06 bits per heavy atom. The van der Waals surface area contributed by atoms with Gasteiger partial charge in [0.2, 0.25) is 47.3 Å². The Hall–Kier alpha value is -8.03. The summed E-state index contributed by atoms with van der Waals surface area (Å²) in [6, 6.07) is 5.06. The molecular formula is C54H77N13O12. The molecule has 0 aliphatic rings. The van der Waals surface area contributed by atoms with Gasteiger partial charge in [-0.05, 0) is 48.1 Å². The van der Waals surface area contributed by atoms with Gasteiger partial charge in [-0.2, -0.15) is 0 Å². The van der Waals surface area contributed by atoms with Gasteiger partial charge in [0.25, 0.3) is 0 Å². The summed E-state index contributed by atoms with van der Waals surface area (Å²) in [6.07, 6.45) is 5.32. The van der Waals surface area contributed by atoms with Crippen LogP contribution in [-0.4, -0.2) is 156 Å². The molecule has 0 unspecified atom stereocenters. The number of aliphatic carboxylic acids is 1. The number of carbonyl (C=O) groups excluding carboxylic acids is 8. The van der Waals surface area contributed by atoms with Gasteiger partial charge in [-0.1, -0.05) is 102 Å². The molecule has 25 nitrogen and oxygen atoms in total. The second-order valence-corrected chi connectivity index (χ2v) is 20.6. The topological polar surface area (TPSA) is 394 Å². The molecule has 2 aromatic heterocycles. The van der Waals surface area contributed by atoms with E-state index in [0.29, 0.717) is 22.5 Å². The number of aromatic amines is 2. The molecule has 9 atom stereocenters. The van der Waals surface area contributed by atoms with Gasteiger partial charge < -0.3 is 73.6 Å². The SMILES string of the molecule is CC(C)C[C@H](NC(=O)[C@H](CC(C)C)NC(=O)[C@H](Cc1cnc[nH]1)NC(=O)[C@H](CC(C)C)NC(=O)[C@H](CO)NC(=O)[C@H](Cc1cnc[nH]1)NC(=O)[C@H](Cc1ccccc1)NC(=O)[C@@H](N)CO)C(=O)N[C@@H](Cc1ccccc1)C(=O)O. The first-order valence-corrected chi connectivity index (χ1v) is 26.2. The Balaban J connectivity index is 1.54. The Morgan fingerprint density at radius 2 is 0.734 bits per heavy atom. The zero-order valence-electron chi connectivity index (χ0n) is 45.4. The molecule has 25 heteroatoms. The molecule has 0 spiro atoms. The molecule has 2 aromatic carbocycles.